The highest BCUT2D eigenvalue weighted by atomic mass is 35.5. The predicted octanol–water partition coefficient (Wildman–Crippen LogP) is 5.34. The molecule has 0 aliphatic rings. The molecule has 0 saturated heterocycles. The quantitative estimate of drug-likeness (QED) is 0.494. The number of fused-ring (bicyclic) bond motifs is 2. The van der Waals surface area contributed by atoms with Crippen LogP contribution < -0.4 is 10.2 Å². The van der Waals surface area contributed by atoms with Gasteiger partial charge in [0.05, 0.1) is 17.4 Å². The first-order chi connectivity index (χ1) is 11.2. The van der Waals surface area contributed by atoms with Crippen molar-refractivity contribution in [1.29, 1.82) is 0 Å². The van der Waals surface area contributed by atoms with Crippen molar-refractivity contribution in [3.8, 4) is 16.4 Å². The van der Waals surface area contributed by atoms with Crippen LogP contribution in [0.3, 0.4) is 0 Å². The monoisotopic (exact) mass is 342 g/mol. The van der Waals surface area contributed by atoms with E-state index in [0.29, 0.717) is 21.8 Å². The Morgan fingerprint density at radius 2 is 1.96 bits per heavy atom. The number of benzene rings is 2. The minimum absolute atomic E-state index is 0.200. The Labute approximate surface area is 140 Å². The van der Waals surface area contributed by atoms with E-state index in [1.807, 2.05) is 30.3 Å². The van der Waals surface area contributed by atoms with Crippen molar-refractivity contribution < 1.29 is 9.15 Å². The van der Waals surface area contributed by atoms with E-state index in [0.717, 1.165) is 15.0 Å². The highest BCUT2D eigenvalue weighted by Crippen LogP contribution is 2.38. The van der Waals surface area contributed by atoms with Crippen molar-refractivity contribution >= 4 is 44.0 Å². The Bertz CT molecular complexity index is 1060. The molecule has 0 aliphatic carbocycles. The summed E-state index contributed by atoms with van der Waals surface area (Å²) < 4.78 is 12.4. The molecule has 0 saturated carbocycles. The van der Waals surface area contributed by atoms with E-state index < -0.39 is 0 Å². The summed E-state index contributed by atoms with van der Waals surface area (Å²) in [6.07, 6.45) is 0. The van der Waals surface area contributed by atoms with Gasteiger partial charge in [0, 0.05) is 9.72 Å². The zero-order chi connectivity index (χ0) is 16.0. The molecule has 2 heterocycles. The minimum atomic E-state index is -0.219. The van der Waals surface area contributed by atoms with Crippen molar-refractivity contribution in [3.05, 3.63) is 63.8 Å². The zero-order valence-corrected chi connectivity index (χ0v) is 13.7. The summed E-state index contributed by atoms with van der Waals surface area (Å²) in [7, 11) is 1.47. The summed E-state index contributed by atoms with van der Waals surface area (Å²) >= 11 is 7.54. The van der Waals surface area contributed by atoms with Crippen molar-refractivity contribution in [3.63, 3.8) is 0 Å². The molecule has 0 atom stereocenters. The fraction of sp³-hybridized carbons (Fsp3) is 0.0556. The number of hydrogen-bond acceptors (Lipinski definition) is 4. The molecule has 0 spiro atoms. The van der Waals surface area contributed by atoms with E-state index in [4.69, 9.17) is 20.8 Å². The van der Waals surface area contributed by atoms with Crippen molar-refractivity contribution in [2.45, 2.75) is 0 Å². The van der Waals surface area contributed by atoms with Crippen LogP contribution in [-0.4, -0.2) is 7.11 Å². The van der Waals surface area contributed by atoms with E-state index in [-0.39, 0.29) is 11.2 Å². The van der Waals surface area contributed by atoms with Gasteiger partial charge in [-0.25, -0.2) is 0 Å². The normalized spacial score (nSPS) is 11.2. The molecule has 0 aliphatic heterocycles. The molecule has 5 heteroatoms. The Morgan fingerprint density at radius 1 is 1.13 bits per heavy atom. The fourth-order valence-electron chi connectivity index (χ4n) is 2.59. The molecule has 2 aromatic heterocycles. The number of rotatable bonds is 2. The average Bonchev–Trinajstić information content (AvgIpc) is 2.99. The van der Waals surface area contributed by atoms with Crippen LogP contribution in [0.4, 0.5) is 0 Å². The molecule has 4 aromatic rings. The van der Waals surface area contributed by atoms with Gasteiger partial charge in [0.15, 0.2) is 5.76 Å². The summed E-state index contributed by atoms with van der Waals surface area (Å²) in [6.45, 7) is 0. The van der Waals surface area contributed by atoms with Gasteiger partial charge in [0.25, 0.3) is 0 Å². The molecule has 0 radical (unpaired) electrons. The van der Waals surface area contributed by atoms with Crippen molar-refractivity contribution in [2.75, 3.05) is 7.11 Å². The lowest BCUT2D eigenvalue weighted by atomic mass is 10.2. The van der Waals surface area contributed by atoms with E-state index >= 15 is 0 Å². The van der Waals surface area contributed by atoms with Gasteiger partial charge in [-0.15, -0.1) is 11.3 Å². The second kappa shape index (κ2) is 5.41. The molecule has 4 rings (SSSR count). The summed E-state index contributed by atoms with van der Waals surface area (Å²) in [6, 6.07) is 15.0. The molecule has 0 bridgehead atoms. The maximum Gasteiger partial charge on any atom is 0.235 e. The maximum absolute atomic E-state index is 12.7. The maximum atomic E-state index is 12.7. The third-order valence-electron chi connectivity index (χ3n) is 3.66. The van der Waals surface area contributed by atoms with E-state index in [1.54, 1.807) is 29.5 Å². The Morgan fingerprint density at radius 3 is 2.74 bits per heavy atom. The fourth-order valence-corrected chi connectivity index (χ4v) is 3.81. The summed E-state index contributed by atoms with van der Waals surface area (Å²) in [5.74, 6) is 0.653. The molecule has 2 aromatic carbocycles. The lowest BCUT2D eigenvalue weighted by Gasteiger charge is -2.07. The van der Waals surface area contributed by atoms with Gasteiger partial charge in [-0.2, -0.15) is 0 Å². The summed E-state index contributed by atoms with van der Waals surface area (Å²) in [4.78, 5) is 13.5. The van der Waals surface area contributed by atoms with Crippen molar-refractivity contribution in [1.82, 2.24) is 0 Å². The molecule has 3 nitrogen and oxygen atoms in total. The van der Waals surface area contributed by atoms with Gasteiger partial charge in [0.2, 0.25) is 11.2 Å². The van der Waals surface area contributed by atoms with Crippen LogP contribution >= 0.6 is 22.9 Å². The lowest BCUT2D eigenvalue weighted by molar-refractivity contribution is 0.399. The molecule has 0 unspecified atom stereocenters. The summed E-state index contributed by atoms with van der Waals surface area (Å²) in [5, 5.41) is 2.01. The van der Waals surface area contributed by atoms with Crippen LogP contribution in [-0.2, 0) is 0 Å². The second-order valence-electron chi connectivity index (χ2n) is 5.08. The first-order valence-electron chi connectivity index (χ1n) is 6.96. The minimum Gasteiger partial charge on any atom is -0.490 e. The van der Waals surface area contributed by atoms with Gasteiger partial charge < -0.3 is 9.15 Å². The zero-order valence-electron chi connectivity index (χ0n) is 12.1. The Hall–Kier alpha value is -2.30. The SMILES string of the molecule is COc1c(-c2cc3ccccc3s2)oc2ccc(Cl)cc2c1=O. The predicted molar refractivity (Wildman–Crippen MR) is 94.9 cm³/mol. The van der Waals surface area contributed by atoms with Gasteiger partial charge in [-0.05, 0) is 35.7 Å². The Balaban J connectivity index is 2.06. The van der Waals surface area contributed by atoms with Crippen LogP contribution in [0.2, 0.25) is 5.02 Å². The third-order valence-corrected chi connectivity index (χ3v) is 5.01. The smallest absolute Gasteiger partial charge is 0.235 e. The van der Waals surface area contributed by atoms with Gasteiger partial charge in [-0.1, -0.05) is 29.8 Å². The van der Waals surface area contributed by atoms with Crippen LogP contribution in [0.25, 0.3) is 31.7 Å². The molecular formula is C18H11ClO3S. The molecule has 0 fully saturated rings. The first-order valence-corrected chi connectivity index (χ1v) is 8.16. The number of thiophene rings is 1. The molecule has 0 N–H and O–H groups in total. The standard InChI is InChI=1S/C18H11ClO3S/c1-21-18-16(20)12-9-11(19)6-7-13(12)22-17(18)15-8-10-4-2-3-5-14(10)23-15/h2-9H,1H3. The van der Waals surface area contributed by atoms with Crippen LogP contribution in [0.1, 0.15) is 0 Å². The van der Waals surface area contributed by atoms with Crippen LogP contribution in [0, 0.1) is 0 Å². The molecule has 23 heavy (non-hydrogen) atoms. The molecule has 0 amide bonds. The largest absolute Gasteiger partial charge is 0.490 e. The molecule has 114 valence electrons. The number of halogens is 1. The first kappa shape index (κ1) is 14.3. The Kier molecular flexibility index (Phi) is 3.36. The second-order valence-corrected chi connectivity index (χ2v) is 6.60. The lowest BCUT2D eigenvalue weighted by Crippen LogP contribution is -2.07. The highest BCUT2D eigenvalue weighted by Gasteiger charge is 2.18. The topological polar surface area (TPSA) is 39.4 Å². The molecular weight excluding hydrogens is 332 g/mol. The third kappa shape index (κ3) is 2.31. The number of methoxy groups -OCH3 is 1. The van der Waals surface area contributed by atoms with E-state index in [2.05, 4.69) is 0 Å². The average molecular weight is 343 g/mol. The van der Waals surface area contributed by atoms with Gasteiger partial charge in [0.1, 0.15) is 5.58 Å². The van der Waals surface area contributed by atoms with E-state index in [1.165, 1.54) is 7.11 Å². The van der Waals surface area contributed by atoms with Gasteiger partial charge in [-0.3, -0.25) is 4.79 Å². The van der Waals surface area contributed by atoms with Crippen LogP contribution in [0.15, 0.2) is 57.7 Å². The highest BCUT2D eigenvalue weighted by molar-refractivity contribution is 7.22. The number of hydrogen-bond donors (Lipinski definition) is 0. The summed E-state index contributed by atoms with van der Waals surface area (Å²) in [5.41, 5.74) is 0.274. The van der Waals surface area contributed by atoms with Crippen LogP contribution in [0.5, 0.6) is 5.75 Å². The van der Waals surface area contributed by atoms with Gasteiger partial charge >= 0.3 is 0 Å². The van der Waals surface area contributed by atoms with Crippen molar-refractivity contribution in [2.24, 2.45) is 0 Å². The number of ether oxygens (including phenoxy) is 1. The van der Waals surface area contributed by atoms with E-state index in [9.17, 15) is 4.79 Å².